The van der Waals surface area contributed by atoms with Crippen molar-refractivity contribution in [3.05, 3.63) is 60.4 Å². The lowest BCUT2D eigenvalue weighted by molar-refractivity contribution is 0.313. The van der Waals surface area contributed by atoms with Crippen molar-refractivity contribution in [2.24, 2.45) is 0 Å². The van der Waals surface area contributed by atoms with Gasteiger partial charge in [0.05, 0.1) is 0 Å². The van der Waals surface area contributed by atoms with Gasteiger partial charge in [-0.2, -0.15) is 0 Å². The van der Waals surface area contributed by atoms with Crippen molar-refractivity contribution in [1.82, 2.24) is 10.3 Å². The zero-order valence-electron chi connectivity index (χ0n) is 9.60. The Hall–Kier alpha value is -1.87. The van der Waals surface area contributed by atoms with Gasteiger partial charge < -0.3 is 10.1 Å². The summed E-state index contributed by atoms with van der Waals surface area (Å²) in [5.74, 6) is 0.884. The van der Waals surface area contributed by atoms with Crippen LogP contribution in [-0.4, -0.2) is 18.1 Å². The van der Waals surface area contributed by atoms with Gasteiger partial charge in [0, 0.05) is 25.5 Å². The van der Waals surface area contributed by atoms with Crippen LogP contribution in [0.15, 0.2) is 48.8 Å². The molecule has 1 heterocycles. The highest BCUT2D eigenvalue weighted by molar-refractivity contribution is 5.20. The molecule has 0 spiro atoms. The third kappa shape index (κ3) is 4.25. The van der Waals surface area contributed by atoms with E-state index < -0.39 is 0 Å². The number of nitrogens with one attached hydrogen (secondary N) is 1. The molecular weight excluding hydrogens is 212 g/mol. The van der Waals surface area contributed by atoms with Crippen LogP contribution in [0.5, 0.6) is 5.75 Å². The Bertz CT molecular complexity index is 375. The fourth-order valence-electron chi connectivity index (χ4n) is 1.44. The number of aromatic nitrogens is 1. The minimum atomic E-state index is 0.662. The van der Waals surface area contributed by atoms with Crippen molar-refractivity contribution in [2.75, 3.05) is 13.2 Å². The standard InChI is InChI=1S/C14H15N2O/c1-2-4-14(5-3-1)17-11-10-16-12-13-6-8-15-9-7-13/h2-9,16H,10-12H2. The normalized spacial score (nSPS) is 10.1. The maximum atomic E-state index is 5.55. The van der Waals surface area contributed by atoms with E-state index >= 15 is 0 Å². The van der Waals surface area contributed by atoms with Gasteiger partial charge in [-0.1, -0.05) is 12.1 Å². The number of nitrogens with zero attached hydrogens (tertiary/aromatic N) is 1. The van der Waals surface area contributed by atoms with E-state index in [4.69, 9.17) is 4.74 Å². The summed E-state index contributed by atoms with van der Waals surface area (Å²) in [4.78, 5) is 3.97. The van der Waals surface area contributed by atoms with E-state index in [-0.39, 0.29) is 0 Å². The molecule has 2 rings (SSSR count). The molecule has 17 heavy (non-hydrogen) atoms. The predicted octanol–water partition coefficient (Wildman–Crippen LogP) is 2.05. The lowest BCUT2D eigenvalue weighted by Gasteiger charge is -2.07. The van der Waals surface area contributed by atoms with Gasteiger partial charge in [-0.15, -0.1) is 0 Å². The molecule has 0 fully saturated rings. The van der Waals surface area contributed by atoms with Crippen molar-refractivity contribution in [3.8, 4) is 5.75 Å². The second-order valence-corrected chi connectivity index (χ2v) is 3.62. The Balaban J connectivity index is 1.61. The van der Waals surface area contributed by atoms with E-state index in [1.54, 1.807) is 12.4 Å². The van der Waals surface area contributed by atoms with Crippen molar-refractivity contribution in [1.29, 1.82) is 0 Å². The summed E-state index contributed by atoms with van der Waals surface area (Å²) in [7, 11) is 0. The molecule has 0 atom stereocenters. The van der Waals surface area contributed by atoms with Crippen molar-refractivity contribution >= 4 is 0 Å². The molecule has 87 valence electrons. The highest BCUT2D eigenvalue weighted by Gasteiger charge is 1.93. The monoisotopic (exact) mass is 227 g/mol. The molecule has 3 nitrogen and oxygen atoms in total. The van der Waals surface area contributed by atoms with Gasteiger partial charge in [-0.25, -0.2) is 0 Å². The van der Waals surface area contributed by atoms with Crippen molar-refractivity contribution in [3.63, 3.8) is 0 Å². The fraction of sp³-hybridized carbons (Fsp3) is 0.214. The molecule has 2 aromatic rings. The van der Waals surface area contributed by atoms with E-state index in [0.29, 0.717) is 6.61 Å². The number of hydrogen-bond acceptors (Lipinski definition) is 3. The number of rotatable bonds is 6. The summed E-state index contributed by atoms with van der Waals surface area (Å²) >= 11 is 0. The molecule has 1 aromatic carbocycles. The van der Waals surface area contributed by atoms with E-state index in [1.165, 1.54) is 5.56 Å². The first kappa shape index (κ1) is 11.6. The Morgan fingerprint density at radius 2 is 1.88 bits per heavy atom. The smallest absolute Gasteiger partial charge is 0.119 e. The molecule has 0 aliphatic carbocycles. The van der Waals surface area contributed by atoms with Crippen molar-refractivity contribution < 1.29 is 4.74 Å². The molecule has 0 aliphatic heterocycles. The van der Waals surface area contributed by atoms with Crippen LogP contribution in [-0.2, 0) is 6.54 Å². The second kappa shape index (κ2) is 6.66. The molecule has 3 heteroatoms. The molecule has 0 amide bonds. The predicted molar refractivity (Wildman–Crippen MR) is 66.7 cm³/mol. The maximum absolute atomic E-state index is 5.55. The third-order valence-corrected chi connectivity index (χ3v) is 2.31. The van der Waals surface area contributed by atoms with Crippen molar-refractivity contribution in [2.45, 2.75) is 6.54 Å². The lowest BCUT2D eigenvalue weighted by Crippen LogP contribution is -2.20. The maximum Gasteiger partial charge on any atom is 0.119 e. The highest BCUT2D eigenvalue weighted by atomic mass is 16.5. The summed E-state index contributed by atoms with van der Waals surface area (Å²) in [5, 5.41) is 3.31. The fourth-order valence-corrected chi connectivity index (χ4v) is 1.44. The van der Waals surface area contributed by atoms with E-state index in [2.05, 4.69) is 16.4 Å². The largest absolute Gasteiger partial charge is 0.492 e. The molecule has 1 aromatic heterocycles. The van der Waals surface area contributed by atoms with Crippen LogP contribution in [0.1, 0.15) is 5.56 Å². The van der Waals surface area contributed by atoms with Crippen LogP contribution < -0.4 is 10.1 Å². The Morgan fingerprint density at radius 1 is 1.12 bits per heavy atom. The quantitative estimate of drug-likeness (QED) is 0.767. The summed E-state index contributed by atoms with van der Waals surface area (Å²) in [6.07, 6.45) is 3.60. The van der Waals surface area contributed by atoms with Gasteiger partial charge in [0.25, 0.3) is 0 Å². The topological polar surface area (TPSA) is 34.1 Å². The van der Waals surface area contributed by atoms with Gasteiger partial charge in [0.1, 0.15) is 12.4 Å². The number of hydrogen-bond donors (Lipinski definition) is 1. The SMILES string of the molecule is [c]1ccc(OCCNCc2ccncc2)cc1. The summed E-state index contributed by atoms with van der Waals surface area (Å²) in [6.45, 7) is 2.32. The summed E-state index contributed by atoms with van der Waals surface area (Å²) in [5.41, 5.74) is 1.23. The first-order valence-electron chi connectivity index (χ1n) is 5.64. The van der Waals surface area contributed by atoms with Gasteiger partial charge in [0.2, 0.25) is 0 Å². The Labute approximate surface area is 101 Å². The van der Waals surface area contributed by atoms with E-state index in [0.717, 1.165) is 18.8 Å². The van der Waals surface area contributed by atoms with Crippen LogP contribution in [0, 0.1) is 6.07 Å². The number of ether oxygens (including phenoxy) is 1. The Kier molecular flexibility index (Phi) is 4.55. The zero-order chi connectivity index (χ0) is 11.8. The molecule has 0 aliphatic rings. The van der Waals surface area contributed by atoms with Gasteiger partial charge >= 0.3 is 0 Å². The first-order chi connectivity index (χ1) is 8.45. The molecule has 1 radical (unpaired) electrons. The van der Waals surface area contributed by atoms with Gasteiger partial charge in [-0.3, -0.25) is 4.98 Å². The molecule has 0 saturated carbocycles. The van der Waals surface area contributed by atoms with Crippen LogP contribution in [0.25, 0.3) is 0 Å². The zero-order valence-corrected chi connectivity index (χ0v) is 9.60. The second-order valence-electron chi connectivity index (χ2n) is 3.62. The average Bonchev–Trinajstić information content (AvgIpc) is 2.41. The highest BCUT2D eigenvalue weighted by Crippen LogP contribution is 2.06. The van der Waals surface area contributed by atoms with E-state index in [9.17, 15) is 0 Å². The van der Waals surface area contributed by atoms with Crippen LogP contribution in [0.3, 0.4) is 0 Å². The van der Waals surface area contributed by atoms with Gasteiger partial charge in [0.15, 0.2) is 0 Å². The molecule has 1 N–H and O–H groups in total. The average molecular weight is 227 g/mol. The van der Waals surface area contributed by atoms with Crippen LogP contribution in [0.2, 0.25) is 0 Å². The summed E-state index contributed by atoms with van der Waals surface area (Å²) < 4.78 is 5.55. The van der Waals surface area contributed by atoms with E-state index in [1.807, 2.05) is 36.4 Å². The minimum Gasteiger partial charge on any atom is -0.492 e. The summed E-state index contributed by atoms with van der Waals surface area (Å²) in [6, 6.07) is 14.5. The molecule has 0 saturated heterocycles. The number of pyridine rings is 1. The minimum absolute atomic E-state index is 0.662. The first-order valence-corrected chi connectivity index (χ1v) is 5.64. The molecule has 0 bridgehead atoms. The third-order valence-electron chi connectivity index (χ3n) is 2.31. The van der Waals surface area contributed by atoms with Gasteiger partial charge in [-0.05, 0) is 35.9 Å². The van der Waals surface area contributed by atoms with Crippen LogP contribution >= 0.6 is 0 Å². The Morgan fingerprint density at radius 3 is 2.65 bits per heavy atom. The lowest BCUT2D eigenvalue weighted by atomic mass is 10.3. The molecule has 0 unspecified atom stereocenters. The molecular formula is C14H15N2O. The number of benzene rings is 1. The van der Waals surface area contributed by atoms with Crippen LogP contribution in [0.4, 0.5) is 0 Å².